The Morgan fingerprint density at radius 2 is 1.79 bits per heavy atom. The molecule has 3 rings (SSSR count). The van der Waals surface area contributed by atoms with E-state index in [2.05, 4.69) is 18.2 Å². The minimum atomic E-state index is -0.383. The third-order valence-electron chi connectivity index (χ3n) is 2.48. The van der Waals surface area contributed by atoms with Gasteiger partial charge in [0.25, 0.3) is 12.2 Å². The third kappa shape index (κ3) is 3.11. The molecule has 1 aromatic carbocycles. The van der Waals surface area contributed by atoms with Crippen LogP contribution in [0.5, 0.6) is 0 Å². The van der Waals surface area contributed by atoms with Crippen molar-refractivity contribution in [3.05, 3.63) is 52.6 Å². The lowest BCUT2D eigenvalue weighted by molar-refractivity contribution is -0.384. The van der Waals surface area contributed by atoms with E-state index in [0.29, 0.717) is 0 Å². The maximum Gasteiger partial charge on any atom is 0.290 e. The van der Waals surface area contributed by atoms with Gasteiger partial charge in [-0.1, -0.05) is 17.8 Å². The molecular weight excluding hydrogens is 266 g/mol. The maximum atomic E-state index is 10.5. The monoisotopic (exact) mass is 275 g/mol. The first-order valence-corrected chi connectivity index (χ1v) is 6.12. The molecule has 0 unspecified atom stereocenters. The van der Waals surface area contributed by atoms with Gasteiger partial charge in [0.2, 0.25) is 0 Å². The molecule has 0 heterocycles. The summed E-state index contributed by atoms with van der Waals surface area (Å²) in [7, 11) is 0. The first-order chi connectivity index (χ1) is 9.15. The van der Waals surface area contributed by atoms with Gasteiger partial charge >= 0.3 is 0 Å². The standard InChI is InChI=1S/C12H7NO2S.CH2O2/c14-13(15)9-2-4-10(5-3-9)16-12-6-1-8-7-11(8)12;2-1-3/h1-7H;1H,(H,2,3). The molecule has 0 aromatic heterocycles. The fourth-order valence-corrected chi connectivity index (χ4v) is 2.53. The molecule has 0 fully saturated rings. The number of benzene rings is 2. The smallest absolute Gasteiger partial charge is 0.290 e. The molecule has 0 bridgehead atoms. The Morgan fingerprint density at radius 1 is 1.16 bits per heavy atom. The van der Waals surface area contributed by atoms with E-state index in [-0.39, 0.29) is 17.1 Å². The quantitative estimate of drug-likeness (QED) is 0.450. The van der Waals surface area contributed by atoms with Crippen molar-refractivity contribution in [3.63, 3.8) is 0 Å². The molecule has 2 aliphatic carbocycles. The molecule has 96 valence electrons. The lowest BCUT2D eigenvalue weighted by atomic mass is 10.3. The fraction of sp³-hybridized carbons (Fsp3) is 0. The number of carbonyl (C=O) groups is 1. The van der Waals surface area contributed by atoms with E-state index >= 15 is 0 Å². The summed E-state index contributed by atoms with van der Waals surface area (Å²) in [4.78, 5) is 20.7. The normalized spacial score (nSPS) is 10.1. The average Bonchev–Trinajstić information content (AvgIpc) is 3.07. The first-order valence-electron chi connectivity index (χ1n) is 5.30. The van der Waals surface area contributed by atoms with Crippen LogP contribution >= 0.6 is 11.8 Å². The summed E-state index contributed by atoms with van der Waals surface area (Å²) < 4.78 is 0. The lowest BCUT2D eigenvalue weighted by Gasteiger charge is -1.98. The summed E-state index contributed by atoms with van der Waals surface area (Å²) in [6.45, 7) is -0.250. The van der Waals surface area contributed by atoms with Gasteiger partial charge in [-0.15, -0.1) is 0 Å². The van der Waals surface area contributed by atoms with Gasteiger partial charge in [0.1, 0.15) is 0 Å². The zero-order valence-electron chi connectivity index (χ0n) is 9.65. The number of rotatable bonds is 3. The molecule has 0 amide bonds. The molecule has 0 atom stereocenters. The molecule has 0 radical (unpaired) electrons. The third-order valence-corrected chi connectivity index (χ3v) is 3.57. The number of carboxylic acid groups (broad SMARTS) is 1. The number of non-ortho nitro benzene ring substituents is 1. The van der Waals surface area contributed by atoms with Gasteiger partial charge in [0.15, 0.2) is 0 Å². The summed E-state index contributed by atoms with van der Waals surface area (Å²) in [6, 6.07) is 12.9. The van der Waals surface area contributed by atoms with Crippen LogP contribution < -0.4 is 0 Å². The van der Waals surface area contributed by atoms with Crippen LogP contribution in [0.2, 0.25) is 0 Å². The van der Waals surface area contributed by atoms with Crippen LogP contribution in [0.25, 0.3) is 11.1 Å². The Bertz CT molecular complexity index is 625. The largest absolute Gasteiger partial charge is 0.483 e. The number of nitrogens with zero attached hydrogens (tertiary/aromatic N) is 1. The second-order valence-corrected chi connectivity index (χ2v) is 4.78. The van der Waals surface area contributed by atoms with Crippen molar-refractivity contribution in [2.75, 3.05) is 0 Å². The molecule has 0 saturated heterocycles. The topological polar surface area (TPSA) is 80.4 Å². The Morgan fingerprint density at radius 3 is 2.21 bits per heavy atom. The average molecular weight is 275 g/mol. The molecule has 19 heavy (non-hydrogen) atoms. The lowest BCUT2D eigenvalue weighted by Crippen LogP contribution is -1.86. The van der Waals surface area contributed by atoms with Crippen LogP contribution in [0.4, 0.5) is 5.69 Å². The number of hydrogen-bond donors (Lipinski definition) is 1. The minimum absolute atomic E-state index is 0.134. The Hall–Kier alpha value is -2.34. The molecule has 6 heteroatoms. The Balaban J connectivity index is 0.000000408. The Kier molecular flexibility index (Phi) is 3.82. The van der Waals surface area contributed by atoms with E-state index in [4.69, 9.17) is 9.90 Å². The number of nitro benzene ring substituents is 1. The van der Waals surface area contributed by atoms with Gasteiger partial charge in [-0.2, -0.15) is 0 Å². The van der Waals surface area contributed by atoms with Gasteiger partial charge in [-0.05, 0) is 35.4 Å². The van der Waals surface area contributed by atoms with E-state index in [1.807, 2.05) is 0 Å². The van der Waals surface area contributed by atoms with Crippen LogP contribution in [0.1, 0.15) is 0 Å². The van der Waals surface area contributed by atoms with Crippen molar-refractivity contribution in [2.45, 2.75) is 9.79 Å². The van der Waals surface area contributed by atoms with E-state index < -0.39 is 0 Å². The van der Waals surface area contributed by atoms with Crippen LogP contribution in [0.15, 0.2) is 52.3 Å². The van der Waals surface area contributed by atoms with Crippen LogP contribution in [0, 0.1) is 10.1 Å². The predicted octanol–water partition coefficient (Wildman–Crippen LogP) is 3.43. The van der Waals surface area contributed by atoms with Gasteiger partial charge < -0.3 is 5.11 Å². The van der Waals surface area contributed by atoms with Crippen molar-refractivity contribution >= 4 is 23.9 Å². The van der Waals surface area contributed by atoms with E-state index in [0.717, 1.165) is 4.90 Å². The summed E-state index contributed by atoms with van der Waals surface area (Å²) in [5, 5.41) is 17.4. The highest BCUT2D eigenvalue weighted by Crippen LogP contribution is 2.45. The summed E-state index contributed by atoms with van der Waals surface area (Å²) in [5.74, 6) is 0. The maximum absolute atomic E-state index is 10.5. The summed E-state index contributed by atoms with van der Waals surface area (Å²) in [6.07, 6.45) is 0. The zero-order valence-corrected chi connectivity index (χ0v) is 10.5. The molecule has 1 aromatic rings. The van der Waals surface area contributed by atoms with Crippen LogP contribution in [0.3, 0.4) is 0 Å². The molecule has 0 spiro atoms. The second-order valence-electron chi connectivity index (χ2n) is 3.67. The van der Waals surface area contributed by atoms with E-state index in [9.17, 15) is 10.1 Å². The number of fused-ring (bicyclic) bond motifs is 1. The van der Waals surface area contributed by atoms with E-state index in [1.165, 1.54) is 28.2 Å². The van der Waals surface area contributed by atoms with Crippen LogP contribution in [-0.2, 0) is 4.79 Å². The van der Waals surface area contributed by atoms with Crippen LogP contribution in [-0.4, -0.2) is 16.5 Å². The minimum Gasteiger partial charge on any atom is -0.483 e. The number of nitro groups is 1. The van der Waals surface area contributed by atoms with Gasteiger partial charge in [0, 0.05) is 21.9 Å². The highest BCUT2D eigenvalue weighted by Gasteiger charge is 2.17. The summed E-state index contributed by atoms with van der Waals surface area (Å²) in [5.41, 5.74) is 2.75. The van der Waals surface area contributed by atoms with Crippen molar-refractivity contribution < 1.29 is 14.8 Å². The van der Waals surface area contributed by atoms with Crippen molar-refractivity contribution in [3.8, 4) is 11.1 Å². The highest BCUT2D eigenvalue weighted by atomic mass is 32.2. The zero-order chi connectivity index (χ0) is 13.8. The molecule has 0 aliphatic heterocycles. The molecule has 1 N–H and O–H groups in total. The Labute approximate surface area is 113 Å². The number of hydrogen-bond acceptors (Lipinski definition) is 4. The molecule has 0 saturated carbocycles. The molecule has 2 aliphatic rings. The molecule has 5 nitrogen and oxygen atoms in total. The summed E-state index contributed by atoms with van der Waals surface area (Å²) >= 11 is 1.64. The van der Waals surface area contributed by atoms with Crippen molar-refractivity contribution in [1.29, 1.82) is 0 Å². The van der Waals surface area contributed by atoms with Gasteiger partial charge in [0.05, 0.1) is 4.92 Å². The van der Waals surface area contributed by atoms with Gasteiger partial charge in [-0.3, -0.25) is 14.9 Å². The fourth-order valence-electron chi connectivity index (χ4n) is 1.58. The SMILES string of the molecule is O=CO.O=[N+]([O-])c1ccc(Sc2ccc3cc2-3)cc1. The van der Waals surface area contributed by atoms with E-state index in [1.54, 1.807) is 23.9 Å². The molecular formula is C13H9NO4S. The van der Waals surface area contributed by atoms with Gasteiger partial charge in [-0.25, -0.2) is 0 Å². The highest BCUT2D eigenvalue weighted by molar-refractivity contribution is 7.99. The van der Waals surface area contributed by atoms with Crippen molar-refractivity contribution in [2.24, 2.45) is 0 Å². The predicted molar refractivity (Wildman–Crippen MR) is 71.3 cm³/mol. The first kappa shape index (κ1) is 13.1. The second kappa shape index (κ2) is 5.53. The van der Waals surface area contributed by atoms with Crippen molar-refractivity contribution in [1.82, 2.24) is 0 Å².